The second-order valence-corrected chi connectivity index (χ2v) is 7.76. The largest absolute Gasteiger partial charge is 0.354 e. The third-order valence-electron chi connectivity index (χ3n) is 5.05. The minimum atomic E-state index is 0.765. The maximum Gasteiger partial charge on any atom is 0.0508 e. The molecule has 0 aliphatic heterocycles. The molecule has 1 heterocycles. The summed E-state index contributed by atoms with van der Waals surface area (Å²) in [7, 11) is 0. The standard InChI is InChI=1S/C23H30N2S/c1-3-4-9-17-13-14-21-20(16-17)18(10-7-8-15-24)23(25-21)19-11-5-6-12-22(19)26-2/h5-6,11-14,16,25H,3-4,7-10,15,24H2,1-2H3. The maximum atomic E-state index is 5.74. The van der Waals surface area contributed by atoms with Gasteiger partial charge in [0, 0.05) is 21.4 Å². The van der Waals surface area contributed by atoms with E-state index in [1.165, 1.54) is 51.0 Å². The van der Waals surface area contributed by atoms with Gasteiger partial charge in [-0.1, -0.05) is 37.6 Å². The highest BCUT2D eigenvalue weighted by Crippen LogP contribution is 2.36. The van der Waals surface area contributed by atoms with Gasteiger partial charge >= 0.3 is 0 Å². The third kappa shape index (κ3) is 4.16. The molecule has 0 bridgehead atoms. The van der Waals surface area contributed by atoms with Gasteiger partial charge in [-0.05, 0) is 74.2 Å². The first kappa shape index (κ1) is 19.1. The summed E-state index contributed by atoms with van der Waals surface area (Å²) < 4.78 is 0. The summed E-state index contributed by atoms with van der Waals surface area (Å²) in [6, 6.07) is 15.7. The van der Waals surface area contributed by atoms with E-state index in [-0.39, 0.29) is 0 Å². The second kappa shape index (κ2) is 9.29. The van der Waals surface area contributed by atoms with Crippen molar-refractivity contribution in [2.24, 2.45) is 5.73 Å². The van der Waals surface area contributed by atoms with Crippen LogP contribution in [-0.2, 0) is 12.8 Å². The quantitative estimate of drug-likeness (QED) is 0.351. The normalized spacial score (nSPS) is 11.3. The van der Waals surface area contributed by atoms with Crippen molar-refractivity contribution in [1.29, 1.82) is 0 Å². The Bertz CT molecular complexity index is 851. The molecule has 3 N–H and O–H groups in total. The molecule has 2 nitrogen and oxygen atoms in total. The van der Waals surface area contributed by atoms with Gasteiger partial charge in [0.15, 0.2) is 0 Å². The van der Waals surface area contributed by atoms with E-state index >= 15 is 0 Å². The summed E-state index contributed by atoms with van der Waals surface area (Å²) in [5, 5.41) is 1.39. The zero-order valence-electron chi connectivity index (χ0n) is 16.0. The van der Waals surface area contributed by atoms with E-state index in [2.05, 4.69) is 60.6 Å². The molecule has 0 atom stereocenters. The summed E-state index contributed by atoms with van der Waals surface area (Å²) in [5.41, 5.74) is 12.5. The minimum Gasteiger partial charge on any atom is -0.354 e. The van der Waals surface area contributed by atoms with Crippen LogP contribution in [0.2, 0.25) is 0 Å². The topological polar surface area (TPSA) is 41.8 Å². The average molecular weight is 367 g/mol. The van der Waals surface area contributed by atoms with Crippen LogP contribution in [0.4, 0.5) is 0 Å². The minimum absolute atomic E-state index is 0.765. The van der Waals surface area contributed by atoms with Crippen molar-refractivity contribution < 1.29 is 0 Å². The third-order valence-corrected chi connectivity index (χ3v) is 5.84. The van der Waals surface area contributed by atoms with Gasteiger partial charge in [-0.25, -0.2) is 0 Å². The highest BCUT2D eigenvalue weighted by atomic mass is 32.2. The molecular formula is C23H30N2S. The molecule has 3 rings (SSSR count). The van der Waals surface area contributed by atoms with E-state index in [0.717, 1.165) is 32.2 Å². The average Bonchev–Trinajstić information content (AvgIpc) is 3.04. The van der Waals surface area contributed by atoms with Crippen LogP contribution in [0.5, 0.6) is 0 Å². The van der Waals surface area contributed by atoms with Crippen molar-refractivity contribution in [1.82, 2.24) is 4.98 Å². The molecule has 138 valence electrons. The summed E-state index contributed by atoms with van der Waals surface area (Å²) >= 11 is 1.81. The van der Waals surface area contributed by atoms with Gasteiger partial charge in [0.05, 0.1) is 5.69 Å². The van der Waals surface area contributed by atoms with Gasteiger partial charge in [-0.3, -0.25) is 0 Å². The van der Waals surface area contributed by atoms with E-state index in [4.69, 9.17) is 5.73 Å². The molecule has 0 fully saturated rings. The second-order valence-electron chi connectivity index (χ2n) is 6.91. The lowest BCUT2D eigenvalue weighted by atomic mass is 9.98. The number of rotatable bonds is 9. The molecule has 3 aromatic rings. The number of hydrogen-bond donors (Lipinski definition) is 2. The summed E-state index contributed by atoms with van der Waals surface area (Å²) in [4.78, 5) is 5.05. The zero-order chi connectivity index (χ0) is 18.4. The van der Waals surface area contributed by atoms with Gasteiger partial charge in [-0.15, -0.1) is 11.8 Å². The SMILES string of the molecule is CCCCc1ccc2[nH]c(-c3ccccc3SC)c(CCCCN)c2c1. The number of aryl methyl sites for hydroxylation is 2. The fraction of sp³-hybridized carbons (Fsp3) is 0.391. The molecule has 26 heavy (non-hydrogen) atoms. The number of nitrogens with one attached hydrogen (secondary N) is 1. The molecule has 0 saturated heterocycles. The van der Waals surface area contributed by atoms with Crippen molar-refractivity contribution in [3.05, 3.63) is 53.6 Å². The Balaban J connectivity index is 2.09. The molecule has 0 unspecified atom stereocenters. The van der Waals surface area contributed by atoms with Crippen molar-refractivity contribution >= 4 is 22.7 Å². The van der Waals surface area contributed by atoms with Gasteiger partial charge < -0.3 is 10.7 Å². The first-order valence-corrected chi connectivity index (χ1v) is 11.0. The van der Waals surface area contributed by atoms with Crippen molar-refractivity contribution in [2.45, 2.75) is 50.3 Å². The van der Waals surface area contributed by atoms with Gasteiger partial charge in [0.25, 0.3) is 0 Å². The fourth-order valence-corrected chi connectivity index (χ4v) is 4.22. The molecule has 0 radical (unpaired) electrons. The Hall–Kier alpha value is -1.71. The number of thioether (sulfide) groups is 1. The number of benzene rings is 2. The monoisotopic (exact) mass is 366 g/mol. The van der Waals surface area contributed by atoms with E-state index < -0.39 is 0 Å². The predicted molar refractivity (Wildman–Crippen MR) is 116 cm³/mol. The van der Waals surface area contributed by atoms with Gasteiger partial charge in [0.1, 0.15) is 0 Å². The Morgan fingerprint density at radius 3 is 2.62 bits per heavy atom. The molecule has 3 heteroatoms. The number of aromatic nitrogens is 1. The fourth-order valence-electron chi connectivity index (χ4n) is 3.62. The van der Waals surface area contributed by atoms with Crippen LogP contribution in [0.15, 0.2) is 47.4 Å². The molecule has 0 aliphatic carbocycles. The number of aromatic amines is 1. The zero-order valence-corrected chi connectivity index (χ0v) is 16.8. The highest BCUT2D eigenvalue weighted by Gasteiger charge is 2.15. The number of fused-ring (bicyclic) bond motifs is 1. The Morgan fingerprint density at radius 1 is 1.00 bits per heavy atom. The first-order valence-electron chi connectivity index (χ1n) is 9.75. The summed E-state index contributed by atoms with van der Waals surface area (Å²) in [6.45, 7) is 3.02. The molecule has 2 aromatic carbocycles. The van der Waals surface area contributed by atoms with E-state index in [1.54, 1.807) is 0 Å². The predicted octanol–water partition coefficient (Wildman–Crippen LogP) is 6.18. The Labute approximate surface area is 161 Å². The number of nitrogens with two attached hydrogens (primary N) is 1. The van der Waals surface area contributed by atoms with Crippen LogP contribution in [0.1, 0.15) is 43.7 Å². The van der Waals surface area contributed by atoms with Crippen LogP contribution in [0.25, 0.3) is 22.2 Å². The molecule has 1 aromatic heterocycles. The number of unbranched alkanes of at least 4 members (excludes halogenated alkanes) is 2. The lowest BCUT2D eigenvalue weighted by molar-refractivity contribution is 0.748. The summed E-state index contributed by atoms with van der Waals surface area (Å²) in [5.74, 6) is 0. The van der Waals surface area contributed by atoms with Gasteiger partial charge in [0.2, 0.25) is 0 Å². The lowest BCUT2D eigenvalue weighted by Gasteiger charge is -2.09. The van der Waals surface area contributed by atoms with Crippen molar-refractivity contribution in [2.75, 3.05) is 12.8 Å². The maximum absolute atomic E-state index is 5.74. The van der Waals surface area contributed by atoms with Crippen LogP contribution in [0, 0.1) is 0 Å². The Kier molecular flexibility index (Phi) is 6.81. The van der Waals surface area contributed by atoms with Crippen molar-refractivity contribution in [3.63, 3.8) is 0 Å². The first-order chi connectivity index (χ1) is 12.8. The molecule has 0 spiro atoms. The number of hydrogen-bond acceptors (Lipinski definition) is 2. The molecule has 0 amide bonds. The number of H-pyrrole nitrogens is 1. The molecular weight excluding hydrogens is 336 g/mol. The van der Waals surface area contributed by atoms with Crippen LogP contribution in [-0.4, -0.2) is 17.8 Å². The smallest absolute Gasteiger partial charge is 0.0508 e. The lowest BCUT2D eigenvalue weighted by Crippen LogP contribution is -1.99. The van der Waals surface area contributed by atoms with Crippen LogP contribution < -0.4 is 5.73 Å². The van der Waals surface area contributed by atoms with Crippen molar-refractivity contribution in [3.8, 4) is 11.3 Å². The Morgan fingerprint density at radius 2 is 1.85 bits per heavy atom. The van der Waals surface area contributed by atoms with Crippen LogP contribution in [0.3, 0.4) is 0 Å². The van der Waals surface area contributed by atoms with E-state index in [9.17, 15) is 0 Å². The van der Waals surface area contributed by atoms with E-state index in [0.29, 0.717) is 0 Å². The van der Waals surface area contributed by atoms with E-state index in [1.807, 2.05) is 11.8 Å². The highest BCUT2D eigenvalue weighted by molar-refractivity contribution is 7.98. The van der Waals surface area contributed by atoms with Crippen LogP contribution >= 0.6 is 11.8 Å². The summed E-state index contributed by atoms with van der Waals surface area (Å²) in [6.07, 6.45) is 9.09. The van der Waals surface area contributed by atoms with Gasteiger partial charge in [-0.2, -0.15) is 0 Å². The molecule has 0 saturated carbocycles. The molecule has 0 aliphatic rings.